The van der Waals surface area contributed by atoms with Gasteiger partial charge >= 0.3 is 10.1 Å². The Morgan fingerprint density at radius 2 is 1.90 bits per heavy atom. The van der Waals surface area contributed by atoms with Gasteiger partial charge in [0.25, 0.3) is 5.06 Å². The summed E-state index contributed by atoms with van der Waals surface area (Å²) in [6.07, 6.45) is -1.75. The average Bonchev–Trinajstić information content (AvgIpc) is 1.62. The summed E-state index contributed by atoms with van der Waals surface area (Å²) >= 11 is 0. The van der Waals surface area contributed by atoms with E-state index in [0.29, 0.717) is 0 Å². The first-order chi connectivity index (χ1) is 4.19. The van der Waals surface area contributed by atoms with Gasteiger partial charge in [-0.05, 0) is 6.92 Å². The average molecular weight is 171 g/mol. The van der Waals surface area contributed by atoms with Gasteiger partial charge in [0.15, 0.2) is 0 Å². The molecule has 0 heterocycles. The van der Waals surface area contributed by atoms with Crippen molar-refractivity contribution in [2.75, 3.05) is 0 Å². The van der Waals surface area contributed by atoms with Crippen LogP contribution in [0.4, 0.5) is 0 Å². The second-order valence-electron chi connectivity index (χ2n) is 1.90. The minimum absolute atomic E-state index is 0.938. The van der Waals surface area contributed by atoms with Gasteiger partial charge in [0.1, 0.15) is 6.10 Å². The molecule has 0 aromatic carbocycles. The maximum Gasteiger partial charge on any atom is 0.312 e. The Morgan fingerprint density at radius 3 is 1.90 bits per heavy atom. The number of aliphatic hydroxyl groups is 2. The van der Waals surface area contributed by atoms with E-state index in [1.807, 2.05) is 0 Å². The van der Waals surface area contributed by atoms with E-state index in [1.165, 1.54) is 0 Å². The first kappa shape index (κ1) is 9.79. The van der Waals surface area contributed by atoms with E-state index in [9.17, 15) is 8.42 Å². The van der Waals surface area contributed by atoms with Crippen LogP contribution in [-0.2, 0) is 10.1 Å². The summed E-state index contributed by atoms with van der Waals surface area (Å²) in [7, 11) is -4.82. The molecule has 7 heteroatoms. The molecule has 10 heavy (non-hydrogen) atoms. The summed E-state index contributed by atoms with van der Waals surface area (Å²) in [5.41, 5.74) is 4.60. The Kier molecular flexibility index (Phi) is 2.39. The molecule has 62 valence electrons. The lowest BCUT2D eigenvalue weighted by Gasteiger charge is -2.21. The number of rotatable bonds is 2. The van der Waals surface area contributed by atoms with Gasteiger partial charge in [0.05, 0.1) is 0 Å². The zero-order valence-electron chi connectivity index (χ0n) is 5.22. The fourth-order valence-electron chi connectivity index (χ4n) is 0.216. The molecule has 0 radical (unpaired) electrons. The molecule has 0 bridgehead atoms. The molecule has 0 spiro atoms. The first-order valence-corrected chi connectivity index (χ1v) is 3.80. The van der Waals surface area contributed by atoms with Gasteiger partial charge in [0.2, 0.25) is 0 Å². The molecule has 5 N–H and O–H groups in total. The van der Waals surface area contributed by atoms with Crippen molar-refractivity contribution in [1.29, 1.82) is 0 Å². The van der Waals surface area contributed by atoms with E-state index in [0.717, 1.165) is 6.92 Å². The smallest absolute Gasteiger partial charge is 0.312 e. The molecule has 0 aromatic rings. The predicted octanol–water partition coefficient (Wildman–Crippen LogP) is -2.14. The monoisotopic (exact) mass is 171 g/mol. The molecule has 0 saturated carbocycles. The molecule has 0 fully saturated rings. The normalized spacial score (nSPS) is 21.7. The summed E-state index contributed by atoms with van der Waals surface area (Å²) < 4.78 is 28.4. The van der Waals surface area contributed by atoms with Crippen molar-refractivity contribution in [2.45, 2.75) is 18.1 Å². The molecule has 0 aromatic heterocycles. The third-order valence-corrected chi connectivity index (χ3v) is 2.18. The molecule has 6 nitrogen and oxygen atoms in total. The minimum Gasteiger partial charge on any atom is -0.388 e. The van der Waals surface area contributed by atoms with Gasteiger partial charge < -0.3 is 10.2 Å². The lowest BCUT2D eigenvalue weighted by molar-refractivity contribution is -0.00445. The Balaban J connectivity index is 4.76. The Bertz CT molecular complexity index is 205. The molecular weight excluding hydrogens is 162 g/mol. The van der Waals surface area contributed by atoms with Crippen LogP contribution in [0.2, 0.25) is 0 Å². The SMILES string of the molecule is CC(O)C(N)(O)S(=O)(=O)O. The summed E-state index contributed by atoms with van der Waals surface area (Å²) in [5.74, 6) is 0. The second-order valence-corrected chi connectivity index (χ2v) is 3.51. The van der Waals surface area contributed by atoms with Crippen LogP contribution in [0.15, 0.2) is 0 Å². The van der Waals surface area contributed by atoms with Crippen LogP contribution in [0.1, 0.15) is 6.92 Å². The van der Waals surface area contributed by atoms with Crippen molar-refractivity contribution in [1.82, 2.24) is 0 Å². The van der Waals surface area contributed by atoms with Crippen molar-refractivity contribution in [2.24, 2.45) is 5.73 Å². The highest BCUT2D eigenvalue weighted by atomic mass is 32.2. The van der Waals surface area contributed by atoms with Gasteiger partial charge in [-0.2, -0.15) is 8.42 Å². The highest BCUT2D eigenvalue weighted by Crippen LogP contribution is 2.09. The van der Waals surface area contributed by atoms with Gasteiger partial charge in [-0.3, -0.25) is 10.3 Å². The predicted molar refractivity (Wildman–Crippen MR) is 32.4 cm³/mol. The third-order valence-electron chi connectivity index (χ3n) is 1.01. The summed E-state index contributed by atoms with van der Waals surface area (Å²) in [5, 5.41) is 14.1. The van der Waals surface area contributed by atoms with Crippen LogP contribution in [-0.4, -0.2) is 34.3 Å². The Hall–Kier alpha value is -0.210. The zero-order chi connectivity index (χ0) is 8.58. The summed E-state index contributed by atoms with van der Waals surface area (Å²) in [4.78, 5) is 0. The topological polar surface area (TPSA) is 121 Å². The molecule has 0 saturated heterocycles. The van der Waals surface area contributed by atoms with E-state index >= 15 is 0 Å². The van der Waals surface area contributed by atoms with E-state index < -0.39 is 21.3 Å². The number of hydrogen-bond donors (Lipinski definition) is 4. The fraction of sp³-hybridized carbons (Fsp3) is 1.00. The maximum absolute atomic E-state index is 10.1. The van der Waals surface area contributed by atoms with Crippen molar-refractivity contribution >= 4 is 10.1 Å². The van der Waals surface area contributed by atoms with Crippen molar-refractivity contribution < 1.29 is 23.2 Å². The van der Waals surface area contributed by atoms with Gasteiger partial charge in [0, 0.05) is 0 Å². The second kappa shape index (κ2) is 2.44. The molecule has 2 unspecified atom stereocenters. The van der Waals surface area contributed by atoms with Crippen LogP contribution in [0.3, 0.4) is 0 Å². The van der Waals surface area contributed by atoms with Crippen LogP contribution in [0, 0.1) is 0 Å². The Labute approximate surface area is 58.0 Å². The molecular formula is C3H9NO5S. The van der Waals surface area contributed by atoms with Crippen molar-refractivity contribution in [3.63, 3.8) is 0 Å². The van der Waals surface area contributed by atoms with E-state index in [-0.39, 0.29) is 0 Å². The standard InChI is InChI=1S/C3H9NO5S/c1-2(5)3(4,6)10(7,8)9/h2,5-6H,4H2,1H3,(H,7,8,9). The largest absolute Gasteiger partial charge is 0.388 e. The molecule has 0 amide bonds. The Morgan fingerprint density at radius 1 is 1.60 bits per heavy atom. The van der Waals surface area contributed by atoms with Crippen LogP contribution in [0.5, 0.6) is 0 Å². The van der Waals surface area contributed by atoms with Gasteiger partial charge in [-0.25, -0.2) is 0 Å². The van der Waals surface area contributed by atoms with Crippen molar-refractivity contribution in [3.05, 3.63) is 0 Å². The van der Waals surface area contributed by atoms with Gasteiger partial charge in [-0.1, -0.05) is 0 Å². The third kappa shape index (κ3) is 1.64. The summed E-state index contributed by atoms with van der Waals surface area (Å²) in [6, 6.07) is 0. The quantitative estimate of drug-likeness (QED) is 0.278. The highest BCUT2D eigenvalue weighted by molar-refractivity contribution is 7.87. The van der Waals surface area contributed by atoms with Crippen molar-refractivity contribution in [3.8, 4) is 0 Å². The molecule has 0 aliphatic rings. The maximum atomic E-state index is 10.1. The number of hydrogen-bond acceptors (Lipinski definition) is 5. The molecule has 0 aliphatic heterocycles. The molecule has 0 aliphatic carbocycles. The minimum atomic E-state index is -4.82. The van der Waals surface area contributed by atoms with E-state index in [4.69, 9.17) is 14.8 Å². The number of aliphatic hydroxyl groups excluding tert-OH is 1. The molecule has 0 rings (SSSR count). The van der Waals surface area contributed by atoms with Crippen LogP contribution >= 0.6 is 0 Å². The summed E-state index contributed by atoms with van der Waals surface area (Å²) in [6.45, 7) is 0.938. The van der Waals surface area contributed by atoms with Gasteiger partial charge in [-0.15, -0.1) is 0 Å². The lowest BCUT2D eigenvalue weighted by atomic mass is 10.4. The zero-order valence-corrected chi connectivity index (χ0v) is 6.04. The first-order valence-electron chi connectivity index (χ1n) is 2.36. The molecule has 2 atom stereocenters. The van der Waals surface area contributed by atoms with E-state index in [1.54, 1.807) is 0 Å². The van der Waals surface area contributed by atoms with E-state index in [2.05, 4.69) is 5.73 Å². The highest BCUT2D eigenvalue weighted by Gasteiger charge is 2.41. The van der Waals surface area contributed by atoms with Crippen LogP contribution in [0.25, 0.3) is 0 Å². The lowest BCUT2D eigenvalue weighted by Crippen LogP contribution is -2.55. The fourth-order valence-corrected chi connectivity index (χ4v) is 0.647. The number of nitrogens with two attached hydrogens (primary N) is 1. The van der Waals surface area contributed by atoms with Crippen LogP contribution < -0.4 is 5.73 Å².